The van der Waals surface area contributed by atoms with Crippen molar-refractivity contribution >= 4 is 35.7 Å². The Balaban J connectivity index is 2.73. The smallest absolute Gasteiger partial charge is 0.294 e. The summed E-state index contributed by atoms with van der Waals surface area (Å²) in [7, 11) is 1.47. The molecule has 108 valence electrons. The SMILES string of the molecule is Cc1ccc(-c2nnc(S(=O)(=O)Cl)n2C(C)C)c(Br)c1. The molecule has 0 spiro atoms. The van der Waals surface area contributed by atoms with Gasteiger partial charge in [-0.05, 0) is 38.5 Å². The molecule has 0 radical (unpaired) electrons. The highest BCUT2D eigenvalue weighted by molar-refractivity contribution is 9.10. The molecule has 0 aliphatic carbocycles. The third-order valence-electron chi connectivity index (χ3n) is 2.76. The lowest BCUT2D eigenvalue weighted by atomic mass is 10.1. The van der Waals surface area contributed by atoms with E-state index in [2.05, 4.69) is 26.1 Å². The summed E-state index contributed by atoms with van der Waals surface area (Å²) in [4.78, 5) is 0. The first-order chi connectivity index (χ1) is 9.21. The second-order valence-electron chi connectivity index (χ2n) is 4.69. The van der Waals surface area contributed by atoms with Crippen LogP contribution in [0.25, 0.3) is 11.4 Å². The van der Waals surface area contributed by atoms with Crippen LogP contribution in [0.3, 0.4) is 0 Å². The summed E-state index contributed by atoms with van der Waals surface area (Å²) in [6.07, 6.45) is 0. The zero-order valence-electron chi connectivity index (χ0n) is 11.1. The van der Waals surface area contributed by atoms with E-state index in [9.17, 15) is 8.42 Å². The monoisotopic (exact) mass is 377 g/mol. The lowest BCUT2D eigenvalue weighted by Crippen LogP contribution is -2.10. The molecule has 0 bridgehead atoms. The van der Waals surface area contributed by atoms with Crippen molar-refractivity contribution in [3.05, 3.63) is 28.2 Å². The summed E-state index contributed by atoms with van der Waals surface area (Å²) in [6.45, 7) is 5.66. The van der Waals surface area contributed by atoms with Gasteiger partial charge in [0.25, 0.3) is 14.2 Å². The van der Waals surface area contributed by atoms with Crippen molar-refractivity contribution in [2.24, 2.45) is 0 Å². The van der Waals surface area contributed by atoms with E-state index in [1.54, 1.807) is 0 Å². The third-order valence-corrected chi connectivity index (χ3v) is 4.55. The largest absolute Gasteiger partial charge is 0.296 e. The zero-order chi connectivity index (χ0) is 15.1. The van der Waals surface area contributed by atoms with Gasteiger partial charge in [-0.3, -0.25) is 4.57 Å². The number of aryl methyl sites for hydroxylation is 1. The van der Waals surface area contributed by atoms with Crippen LogP contribution in [0.2, 0.25) is 0 Å². The van der Waals surface area contributed by atoms with E-state index in [1.807, 2.05) is 39.0 Å². The van der Waals surface area contributed by atoms with Crippen LogP contribution in [0.15, 0.2) is 27.8 Å². The van der Waals surface area contributed by atoms with Crippen LogP contribution >= 0.6 is 26.6 Å². The second-order valence-corrected chi connectivity index (χ2v) is 8.01. The summed E-state index contributed by atoms with van der Waals surface area (Å²) in [6, 6.07) is 5.59. The highest BCUT2D eigenvalue weighted by atomic mass is 79.9. The molecule has 0 atom stereocenters. The fraction of sp³-hybridized carbons (Fsp3) is 0.333. The Kier molecular flexibility index (Phi) is 4.22. The molecule has 0 aliphatic rings. The van der Waals surface area contributed by atoms with Crippen molar-refractivity contribution in [1.82, 2.24) is 14.8 Å². The van der Waals surface area contributed by atoms with Crippen LogP contribution in [-0.2, 0) is 9.05 Å². The van der Waals surface area contributed by atoms with Crippen LogP contribution < -0.4 is 0 Å². The third kappa shape index (κ3) is 2.89. The van der Waals surface area contributed by atoms with Gasteiger partial charge >= 0.3 is 0 Å². The molecule has 1 aromatic heterocycles. The van der Waals surface area contributed by atoms with Crippen LogP contribution in [-0.4, -0.2) is 23.2 Å². The van der Waals surface area contributed by atoms with Crippen LogP contribution in [0.1, 0.15) is 25.5 Å². The predicted octanol–water partition coefficient (Wildman–Crippen LogP) is 3.52. The fourth-order valence-electron chi connectivity index (χ4n) is 1.89. The van der Waals surface area contributed by atoms with Crippen LogP contribution in [0, 0.1) is 6.92 Å². The maximum atomic E-state index is 11.6. The molecule has 8 heteroatoms. The molecule has 0 N–H and O–H groups in total. The van der Waals surface area contributed by atoms with Gasteiger partial charge < -0.3 is 0 Å². The Hall–Kier alpha value is -0.920. The van der Waals surface area contributed by atoms with E-state index in [0.29, 0.717) is 5.82 Å². The van der Waals surface area contributed by atoms with Crippen molar-refractivity contribution in [3.63, 3.8) is 0 Å². The van der Waals surface area contributed by atoms with E-state index in [1.165, 1.54) is 4.57 Å². The van der Waals surface area contributed by atoms with Crippen molar-refractivity contribution in [3.8, 4) is 11.4 Å². The van der Waals surface area contributed by atoms with E-state index < -0.39 is 9.05 Å². The van der Waals surface area contributed by atoms with Gasteiger partial charge in [0.2, 0.25) is 0 Å². The minimum atomic E-state index is -3.94. The average Bonchev–Trinajstić information content (AvgIpc) is 2.72. The molecule has 0 saturated heterocycles. The molecule has 0 saturated carbocycles. The van der Waals surface area contributed by atoms with Gasteiger partial charge in [0.1, 0.15) is 0 Å². The number of nitrogens with zero attached hydrogens (tertiary/aromatic N) is 3. The van der Waals surface area contributed by atoms with Gasteiger partial charge in [-0.1, -0.05) is 22.0 Å². The Morgan fingerprint density at radius 2 is 1.95 bits per heavy atom. The quantitative estimate of drug-likeness (QED) is 0.766. The minimum Gasteiger partial charge on any atom is -0.294 e. The number of aromatic nitrogens is 3. The lowest BCUT2D eigenvalue weighted by molar-refractivity contribution is 0.530. The molecular formula is C12H13BrClN3O2S. The van der Waals surface area contributed by atoms with Crippen LogP contribution in [0.5, 0.6) is 0 Å². The average molecular weight is 379 g/mol. The molecule has 1 aromatic carbocycles. The molecule has 2 aromatic rings. The minimum absolute atomic E-state index is 0.142. The van der Waals surface area contributed by atoms with Gasteiger partial charge in [0.15, 0.2) is 5.82 Å². The number of rotatable bonds is 3. The van der Waals surface area contributed by atoms with Crippen molar-refractivity contribution < 1.29 is 8.42 Å². The highest BCUT2D eigenvalue weighted by Gasteiger charge is 2.25. The van der Waals surface area contributed by atoms with E-state index in [4.69, 9.17) is 10.7 Å². The predicted molar refractivity (Wildman–Crippen MR) is 81.3 cm³/mol. The Bertz CT molecular complexity index is 756. The molecule has 1 heterocycles. The maximum absolute atomic E-state index is 11.6. The molecule has 0 unspecified atom stereocenters. The van der Waals surface area contributed by atoms with Gasteiger partial charge in [-0.15, -0.1) is 10.2 Å². The topological polar surface area (TPSA) is 64.8 Å². The Morgan fingerprint density at radius 1 is 1.30 bits per heavy atom. The standard InChI is InChI=1S/C12H13BrClN3O2S/c1-7(2)17-11(15-16-12(17)20(14,18)19)9-5-4-8(3)6-10(9)13/h4-7H,1-3H3. The van der Waals surface area contributed by atoms with Gasteiger partial charge in [-0.25, -0.2) is 8.42 Å². The second kappa shape index (κ2) is 5.46. The number of hydrogen-bond donors (Lipinski definition) is 0. The van der Waals surface area contributed by atoms with Gasteiger partial charge in [-0.2, -0.15) is 0 Å². The van der Waals surface area contributed by atoms with E-state index >= 15 is 0 Å². The van der Waals surface area contributed by atoms with Crippen molar-refractivity contribution in [2.75, 3.05) is 0 Å². The molecule has 2 rings (SSSR count). The zero-order valence-corrected chi connectivity index (χ0v) is 14.3. The summed E-state index contributed by atoms with van der Waals surface area (Å²) in [5, 5.41) is 7.47. The molecule has 0 aliphatic heterocycles. The first kappa shape index (κ1) is 15.5. The van der Waals surface area contributed by atoms with Gasteiger partial charge in [0, 0.05) is 26.8 Å². The van der Waals surface area contributed by atoms with E-state index in [-0.39, 0.29) is 11.2 Å². The highest BCUT2D eigenvalue weighted by Crippen LogP contribution is 2.31. The normalized spacial score (nSPS) is 12.1. The summed E-state index contributed by atoms with van der Waals surface area (Å²) in [5.74, 6) is 0.464. The first-order valence-corrected chi connectivity index (χ1v) is 8.98. The Labute approximate surface area is 130 Å². The van der Waals surface area contributed by atoms with E-state index in [0.717, 1.165) is 15.6 Å². The number of halogens is 2. The van der Waals surface area contributed by atoms with Crippen molar-refractivity contribution in [2.45, 2.75) is 32.0 Å². The summed E-state index contributed by atoms with van der Waals surface area (Å²) >= 11 is 3.46. The lowest BCUT2D eigenvalue weighted by Gasteiger charge is -2.13. The first-order valence-electron chi connectivity index (χ1n) is 5.88. The van der Waals surface area contributed by atoms with Crippen LogP contribution in [0.4, 0.5) is 0 Å². The molecular weight excluding hydrogens is 366 g/mol. The maximum Gasteiger partial charge on any atom is 0.296 e. The molecule has 0 fully saturated rings. The van der Waals surface area contributed by atoms with Gasteiger partial charge in [0.05, 0.1) is 0 Å². The molecule has 5 nitrogen and oxygen atoms in total. The molecule has 0 amide bonds. The summed E-state index contributed by atoms with van der Waals surface area (Å²) in [5.41, 5.74) is 1.85. The summed E-state index contributed by atoms with van der Waals surface area (Å²) < 4.78 is 25.5. The number of benzene rings is 1. The fourth-order valence-corrected chi connectivity index (χ4v) is 3.55. The number of hydrogen-bond acceptors (Lipinski definition) is 4. The Morgan fingerprint density at radius 3 is 2.45 bits per heavy atom. The van der Waals surface area contributed by atoms with Crippen molar-refractivity contribution in [1.29, 1.82) is 0 Å². The molecule has 20 heavy (non-hydrogen) atoms.